The summed E-state index contributed by atoms with van der Waals surface area (Å²) in [5.41, 5.74) is 0. The molecule has 13 heavy (non-hydrogen) atoms. The quantitative estimate of drug-likeness (QED) is 0.843. The molecule has 0 aliphatic rings. The zero-order valence-corrected chi connectivity index (χ0v) is 9.56. The second-order valence-corrected chi connectivity index (χ2v) is 3.98. The smallest absolute Gasteiger partial charge is 0.145 e. The Morgan fingerprint density at radius 1 is 1.77 bits per heavy atom. The third kappa shape index (κ3) is 3.01. The van der Waals surface area contributed by atoms with Crippen LogP contribution in [0.25, 0.3) is 0 Å². The van der Waals surface area contributed by atoms with E-state index in [1.54, 1.807) is 18.3 Å². The maximum Gasteiger partial charge on any atom is 0.145 e. The zero-order chi connectivity index (χ0) is 9.84. The minimum atomic E-state index is 0.158. The summed E-state index contributed by atoms with van der Waals surface area (Å²) in [5, 5.41) is 3.71. The van der Waals surface area contributed by atoms with E-state index in [1.807, 2.05) is 6.92 Å². The van der Waals surface area contributed by atoms with Gasteiger partial charge in [0.25, 0.3) is 0 Å². The lowest BCUT2D eigenvalue weighted by Gasteiger charge is -2.10. The highest BCUT2D eigenvalue weighted by molar-refractivity contribution is 9.10. The molecule has 1 rings (SSSR count). The number of hydrogen-bond acceptors (Lipinski definition) is 2. The molecule has 2 nitrogen and oxygen atoms in total. The largest absolute Gasteiger partial charge is 0.363 e. The van der Waals surface area contributed by atoms with Gasteiger partial charge >= 0.3 is 0 Å². The van der Waals surface area contributed by atoms with E-state index in [-0.39, 0.29) is 6.04 Å². The van der Waals surface area contributed by atoms with E-state index in [1.165, 1.54) is 0 Å². The molecule has 0 saturated carbocycles. The monoisotopic (exact) mass is 260 g/mol. The number of nitrogens with zero attached hydrogens (tertiary/aromatic N) is 1. The second kappa shape index (κ2) is 4.63. The summed E-state index contributed by atoms with van der Waals surface area (Å²) in [4.78, 5) is 4.13. The van der Waals surface area contributed by atoms with E-state index in [0.717, 1.165) is 4.47 Å². The van der Waals surface area contributed by atoms with Crippen LogP contribution in [0.4, 0.5) is 5.82 Å². The van der Waals surface area contributed by atoms with E-state index in [9.17, 15) is 0 Å². The van der Waals surface area contributed by atoms with Crippen molar-refractivity contribution in [3.8, 4) is 0 Å². The lowest BCUT2D eigenvalue weighted by atomic mass is 10.3. The Kier molecular flexibility index (Phi) is 3.75. The van der Waals surface area contributed by atoms with E-state index >= 15 is 0 Å². The van der Waals surface area contributed by atoms with Gasteiger partial charge in [0.15, 0.2) is 0 Å². The Balaban J connectivity index is 2.83. The molecular weight excluding hydrogens is 251 g/mol. The fourth-order valence-corrected chi connectivity index (χ4v) is 1.48. The lowest BCUT2D eigenvalue weighted by molar-refractivity contribution is 0.983. The van der Waals surface area contributed by atoms with Crippen molar-refractivity contribution in [2.24, 2.45) is 0 Å². The maximum atomic E-state index is 5.94. The van der Waals surface area contributed by atoms with Crippen molar-refractivity contribution in [1.29, 1.82) is 0 Å². The van der Waals surface area contributed by atoms with Crippen LogP contribution in [0.2, 0.25) is 5.02 Å². The predicted molar refractivity (Wildman–Crippen MR) is 60.2 cm³/mol. The Hall–Kier alpha value is -0.540. The third-order valence-corrected chi connectivity index (χ3v) is 2.25. The maximum absolute atomic E-state index is 5.94. The molecule has 0 fully saturated rings. The molecule has 0 radical (unpaired) electrons. The summed E-state index contributed by atoms with van der Waals surface area (Å²) >= 11 is 9.23. The molecule has 1 N–H and O–H groups in total. The van der Waals surface area contributed by atoms with Gasteiger partial charge in [0.2, 0.25) is 0 Å². The number of nitrogens with one attached hydrogen (secondary N) is 1. The number of pyridine rings is 1. The molecule has 1 aromatic heterocycles. The zero-order valence-electron chi connectivity index (χ0n) is 7.22. The van der Waals surface area contributed by atoms with Crippen molar-refractivity contribution < 1.29 is 0 Å². The van der Waals surface area contributed by atoms with Crippen molar-refractivity contribution in [3.05, 3.63) is 34.4 Å². The Bertz CT molecular complexity index is 314. The lowest BCUT2D eigenvalue weighted by Crippen LogP contribution is -2.12. The summed E-state index contributed by atoms with van der Waals surface area (Å²) in [6.45, 7) is 5.64. The molecule has 1 atom stereocenters. The fourth-order valence-electron chi connectivity index (χ4n) is 0.795. The van der Waals surface area contributed by atoms with Crippen LogP contribution in [0.3, 0.4) is 0 Å². The molecule has 0 bridgehead atoms. The van der Waals surface area contributed by atoms with Crippen LogP contribution in [-0.2, 0) is 0 Å². The van der Waals surface area contributed by atoms with Crippen molar-refractivity contribution in [3.63, 3.8) is 0 Å². The summed E-state index contributed by atoms with van der Waals surface area (Å²) in [6, 6.07) is 1.96. The molecule has 0 aliphatic carbocycles. The Labute approximate surface area is 91.1 Å². The molecular formula is C9H10BrClN2. The first kappa shape index (κ1) is 10.5. The van der Waals surface area contributed by atoms with Crippen LogP contribution in [0.15, 0.2) is 29.4 Å². The van der Waals surface area contributed by atoms with Gasteiger partial charge in [-0.2, -0.15) is 0 Å². The minimum Gasteiger partial charge on any atom is -0.363 e. The molecule has 1 unspecified atom stereocenters. The van der Waals surface area contributed by atoms with Crippen molar-refractivity contribution in [1.82, 2.24) is 4.98 Å². The van der Waals surface area contributed by atoms with Gasteiger partial charge in [-0.25, -0.2) is 4.98 Å². The Morgan fingerprint density at radius 3 is 3.00 bits per heavy atom. The van der Waals surface area contributed by atoms with E-state index in [2.05, 4.69) is 32.8 Å². The number of anilines is 1. The Morgan fingerprint density at radius 2 is 2.46 bits per heavy atom. The summed E-state index contributed by atoms with van der Waals surface area (Å²) in [7, 11) is 0. The molecule has 0 saturated heterocycles. The topological polar surface area (TPSA) is 24.9 Å². The van der Waals surface area contributed by atoms with Gasteiger partial charge in [0.1, 0.15) is 5.82 Å². The van der Waals surface area contributed by atoms with E-state index < -0.39 is 0 Å². The highest BCUT2D eigenvalue weighted by Crippen LogP contribution is 2.23. The molecule has 1 heterocycles. The second-order valence-electron chi connectivity index (χ2n) is 2.65. The number of aromatic nitrogens is 1. The van der Waals surface area contributed by atoms with Crippen molar-refractivity contribution in [2.45, 2.75) is 13.0 Å². The first-order chi connectivity index (χ1) is 6.13. The fraction of sp³-hybridized carbons (Fsp3) is 0.222. The van der Waals surface area contributed by atoms with Crippen LogP contribution >= 0.6 is 27.5 Å². The average Bonchev–Trinajstić information content (AvgIpc) is 2.09. The third-order valence-electron chi connectivity index (χ3n) is 1.53. The van der Waals surface area contributed by atoms with Gasteiger partial charge in [-0.1, -0.05) is 17.7 Å². The predicted octanol–water partition coefficient (Wildman–Crippen LogP) is 3.48. The van der Waals surface area contributed by atoms with Gasteiger partial charge < -0.3 is 5.32 Å². The number of halogens is 2. The summed E-state index contributed by atoms with van der Waals surface area (Å²) < 4.78 is 0.870. The van der Waals surface area contributed by atoms with Gasteiger partial charge in [0, 0.05) is 16.7 Å². The van der Waals surface area contributed by atoms with Crippen molar-refractivity contribution in [2.75, 3.05) is 5.32 Å². The molecule has 1 aromatic rings. The average molecular weight is 262 g/mol. The highest BCUT2D eigenvalue weighted by atomic mass is 79.9. The van der Waals surface area contributed by atoms with Crippen molar-refractivity contribution >= 4 is 33.3 Å². The first-order valence-corrected chi connectivity index (χ1v) is 5.00. The first-order valence-electron chi connectivity index (χ1n) is 3.83. The standard InChI is InChI=1S/C9H10BrClN2/c1-3-6(2)13-9-8(11)4-7(10)5-12-9/h3-6H,1H2,2H3,(H,12,13). The van der Waals surface area contributed by atoms with Crippen LogP contribution < -0.4 is 5.32 Å². The van der Waals surface area contributed by atoms with Gasteiger partial charge in [-0.3, -0.25) is 0 Å². The molecule has 70 valence electrons. The minimum absolute atomic E-state index is 0.158. The highest BCUT2D eigenvalue weighted by Gasteiger charge is 2.03. The van der Waals surface area contributed by atoms with Crippen LogP contribution in [0, 0.1) is 0 Å². The van der Waals surface area contributed by atoms with Crippen LogP contribution in [0.5, 0.6) is 0 Å². The number of hydrogen-bond donors (Lipinski definition) is 1. The summed E-state index contributed by atoms with van der Waals surface area (Å²) in [5.74, 6) is 0.678. The number of rotatable bonds is 3. The van der Waals surface area contributed by atoms with Crippen LogP contribution in [-0.4, -0.2) is 11.0 Å². The van der Waals surface area contributed by atoms with E-state index in [4.69, 9.17) is 11.6 Å². The molecule has 0 amide bonds. The molecule has 0 aliphatic heterocycles. The molecule has 0 spiro atoms. The molecule has 0 aromatic carbocycles. The van der Waals surface area contributed by atoms with Crippen LogP contribution in [0.1, 0.15) is 6.92 Å². The summed E-state index contributed by atoms with van der Waals surface area (Å²) in [6.07, 6.45) is 3.49. The molecule has 4 heteroatoms. The van der Waals surface area contributed by atoms with Gasteiger partial charge in [0.05, 0.1) is 5.02 Å². The van der Waals surface area contributed by atoms with Gasteiger partial charge in [-0.15, -0.1) is 6.58 Å². The van der Waals surface area contributed by atoms with Gasteiger partial charge in [-0.05, 0) is 28.9 Å². The normalized spacial score (nSPS) is 12.2. The van der Waals surface area contributed by atoms with E-state index in [0.29, 0.717) is 10.8 Å². The SMILES string of the molecule is C=CC(C)Nc1ncc(Br)cc1Cl.